The Kier molecular flexibility index (Phi) is 7.18. The average molecular weight is 395 g/mol. The second-order valence-corrected chi connectivity index (χ2v) is 8.35. The Morgan fingerprint density at radius 3 is 2.66 bits per heavy atom. The van der Waals surface area contributed by atoms with Crippen LogP contribution in [0.25, 0.3) is 0 Å². The zero-order valence-electron chi connectivity index (χ0n) is 18.2. The minimum Gasteiger partial charge on any atom is -0.481 e. The van der Waals surface area contributed by atoms with Gasteiger partial charge in [0.2, 0.25) is 0 Å². The summed E-state index contributed by atoms with van der Waals surface area (Å²) in [6.07, 6.45) is 2.71. The van der Waals surface area contributed by atoms with Crippen LogP contribution in [-0.4, -0.2) is 25.1 Å². The summed E-state index contributed by atoms with van der Waals surface area (Å²) in [6.45, 7) is 10.6. The van der Waals surface area contributed by atoms with Gasteiger partial charge < -0.3 is 15.0 Å². The largest absolute Gasteiger partial charge is 0.481 e. The standard InChI is InChI=1S/C25H34N2O2/c1-5-24(29-23-10-6-8-18(2)16-23)25(28)26-20(4)21-11-13-22(14-12-21)27-15-7-9-19(3)17-27/h6,8,10-14,16,19-20,24H,5,7,9,15,17H2,1-4H3,(H,26,28)/t19-,20+,24+/m1/s1. The van der Waals surface area contributed by atoms with Gasteiger partial charge in [0.25, 0.3) is 5.91 Å². The van der Waals surface area contributed by atoms with Gasteiger partial charge in [-0.15, -0.1) is 0 Å². The van der Waals surface area contributed by atoms with Gasteiger partial charge in [-0.1, -0.05) is 38.1 Å². The van der Waals surface area contributed by atoms with Gasteiger partial charge in [-0.25, -0.2) is 0 Å². The maximum Gasteiger partial charge on any atom is 0.261 e. The summed E-state index contributed by atoms with van der Waals surface area (Å²) in [5, 5.41) is 3.11. The zero-order chi connectivity index (χ0) is 20.8. The molecule has 0 saturated carbocycles. The molecular weight excluding hydrogens is 360 g/mol. The summed E-state index contributed by atoms with van der Waals surface area (Å²) >= 11 is 0. The summed E-state index contributed by atoms with van der Waals surface area (Å²) in [7, 11) is 0. The third-order valence-electron chi connectivity index (χ3n) is 5.71. The van der Waals surface area contributed by atoms with Gasteiger partial charge >= 0.3 is 0 Å². The predicted octanol–water partition coefficient (Wildman–Crippen LogP) is 5.27. The van der Waals surface area contributed by atoms with Gasteiger partial charge in [0, 0.05) is 18.8 Å². The zero-order valence-corrected chi connectivity index (χ0v) is 18.2. The minimum atomic E-state index is -0.492. The number of ether oxygens (including phenoxy) is 1. The molecule has 1 N–H and O–H groups in total. The smallest absolute Gasteiger partial charge is 0.261 e. The highest BCUT2D eigenvalue weighted by atomic mass is 16.5. The number of benzene rings is 2. The Morgan fingerprint density at radius 1 is 1.24 bits per heavy atom. The first kappa shape index (κ1) is 21.2. The van der Waals surface area contributed by atoms with Crippen LogP contribution >= 0.6 is 0 Å². The molecule has 1 heterocycles. The number of hydrogen-bond donors (Lipinski definition) is 1. The molecule has 0 radical (unpaired) electrons. The van der Waals surface area contributed by atoms with Crippen molar-refractivity contribution in [1.29, 1.82) is 0 Å². The van der Waals surface area contributed by atoms with E-state index in [0.29, 0.717) is 6.42 Å². The molecular formula is C25H34N2O2. The van der Waals surface area contributed by atoms with Gasteiger partial charge in [0.05, 0.1) is 6.04 Å². The molecule has 1 aliphatic rings. The molecule has 0 unspecified atom stereocenters. The van der Waals surface area contributed by atoms with E-state index in [1.165, 1.54) is 18.5 Å². The number of carbonyl (C=O) groups excluding carboxylic acids is 1. The number of anilines is 1. The first-order valence-corrected chi connectivity index (χ1v) is 10.8. The van der Waals surface area contributed by atoms with E-state index in [0.717, 1.165) is 35.9 Å². The van der Waals surface area contributed by atoms with E-state index in [9.17, 15) is 4.79 Å². The Morgan fingerprint density at radius 2 is 2.00 bits per heavy atom. The topological polar surface area (TPSA) is 41.6 Å². The molecule has 3 rings (SSSR count). The second-order valence-electron chi connectivity index (χ2n) is 8.35. The van der Waals surface area contributed by atoms with Crippen LogP contribution in [0.2, 0.25) is 0 Å². The van der Waals surface area contributed by atoms with Crippen molar-refractivity contribution in [2.75, 3.05) is 18.0 Å². The Labute approximate surface area is 175 Å². The van der Waals surface area contributed by atoms with Crippen molar-refractivity contribution in [3.63, 3.8) is 0 Å². The normalized spacial score (nSPS) is 18.8. The maximum atomic E-state index is 12.8. The van der Waals surface area contributed by atoms with Crippen LogP contribution in [0.15, 0.2) is 48.5 Å². The van der Waals surface area contributed by atoms with Gasteiger partial charge in [0.15, 0.2) is 6.10 Å². The van der Waals surface area contributed by atoms with E-state index in [2.05, 4.69) is 41.4 Å². The van der Waals surface area contributed by atoms with Crippen LogP contribution in [-0.2, 0) is 4.79 Å². The van der Waals surface area contributed by atoms with E-state index < -0.39 is 6.10 Å². The molecule has 4 heteroatoms. The molecule has 0 aromatic heterocycles. The number of piperidine rings is 1. The van der Waals surface area contributed by atoms with Crippen LogP contribution in [0.3, 0.4) is 0 Å². The third kappa shape index (κ3) is 5.75. The van der Waals surface area contributed by atoms with Crippen molar-refractivity contribution in [1.82, 2.24) is 5.32 Å². The maximum absolute atomic E-state index is 12.8. The van der Waals surface area contributed by atoms with Gasteiger partial charge in [-0.3, -0.25) is 4.79 Å². The van der Waals surface area contributed by atoms with Gasteiger partial charge in [-0.05, 0) is 74.4 Å². The molecule has 1 fully saturated rings. The highest BCUT2D eigenvalue weighted by Gasteiger charge is 2.21. The van der Waals surface area contributed by atoms with E-state index in [-0.39, 0.29) is 11.9 Å². The first-order chi connectivity index (χ1) is 14.0. The quantitative estimate of drug-likeness (QED) is 0.696. The molecule has 4 nitrogen and oxygen atoms in total. The van der Waals surface area contributed by atoms with Crippen LogP contribution in [0.1, 0.15) is 57.2 Å². The molecule has 0 aliphatic carbocycles. The van der Waals surface area contributed by atoms with Gasteiger partial charge in [0.1, 0.15) is 5.75 Å². The fourth-order valence-corrected chi connectivity index (χ4v) is 3.96. The average Bonchev–Trinajstić information content (AvgIpc) is 2.72. The number of rotatable bonds is 7. The highest BCUT2D eigenvalue weighted by molar-refractivity contribution is 5.81. The number of amides is 1. The summed E-state index contributed by atoms with van der Waals surface area (Å²) in [6, 6.07) is 16.4. The lowest BCUT2D eigenvalue weighted by Gasteiger charge is -2.33. The van der Waals surface area contributed by atoms with Crippen LogP contribution in [0.5, 0.6) is 5.75 Å². The molecule has 0 spiro atoms. The van der Waals surface area contributed by atoms with E-state index >= 15 is 0 Å². The SMILES string of the molecule is CC[C@H](Oc1cccc(C)c1)C(=O)N[C@@H](C)c1ccc(N2CCC[C@@H](C)C2)cc1. The van der Waals surface area contributed by atoms with Gasteiger partial charge in [-0.2, -0.15) is 0 Å². The lowest BCUT2D eigenvalue weighted by Crippen LogP contribution is -2.39. The predicted molar refractivity (Wildman–Crippen MR) is 119 cm³/mol. The lowest BCUT2D eigenvalue weighted by atomic mass is 9.99. The first-order valence-electron chi connectivity index (χ1n) is 10.8. The molecule has 2 aromatic rings. The lowest BCUT2D eigenvalue weighted by molar-refractivity contribution is -0.128. The fraction of sp³-hybridized carbons (Fsp3) is 0.480. The van der Waals surface area contributed by atoms with Crippen molar-refractivity contribution in [3.05, 3.63) is 59.7 Å². The number of hydrogen-bond acceptors (Lipinski definition) is 3. The van der Waals surface area contributed by atoms with Crippen molar-refractivity contribution in [2.24, 2.45) is 5.92 Å². The van der Waals surface area contributed by atoms with Crippen molar-refractivity contribution in [3.8, 4) is 5.75 Å². The Bertz CT molecular complexity index is 803. The summed E-state index contributed by atoms with van der Waals surface area (Å²) in [5.41, 5.74) is 3.50. The molecule has 1 amide bonds. The Balaban J connectivity index is 1.59. The van der Waals surface area contributed by atoms with E-state index in [1.54, 1.807) is 0 Å². The third-order valence-corrected chi connectivity index (χ3v) is 5.71. The van der Waals surface area contributed by atoms with Crippen LogP contribution in [0, 0.1) is 12.8 Å². The summed E-state index contributed by atoms with van der Waals surface area (Å²) < 4.78 is 5.93. The van der Waals surface area contributed by atoms with Crippen LogP contribution < -0.4 is 15.0 Å². The monoisotopic (exact) mass is 394 g/mol. The second kappa shape index (κ2) is 9.82. The number of nitrogens with one attached hydrogen (secondary N) is 1. The molecule has 29 heavy (non-hydrogen) atoms. The molecule has 1 aliphatic heterocycles. The van der Waals surface area contributed by atoms with Crippen molar-refractivity contribution in [2.45, 2.75) is 59.1 Å². The van der Waals surface area contributed by atoms with Crippen molar-refractivity contribution >= 4 is 11.6 Å². The minimum absolute atomic E-state index is 0.0630. The fourth-order valence-electron chi connectivity index (χ4n) is 3.96. The number of aryl methyl sites for hydroxylation is 1. The Hall–Kier alpha value is -2.49. The van der Waals surface area contributed by atoms with Crippen molar-refractivity contribution < 1.29 is 9.53 Å². The number of carbonyl (C=O) groups is 1. The molecule has 2 aromatic carbocycles. The van der Waals surface area contributed by atoms with Crippen LogP contribution in [0.4, 0.5) is 5.69 Å². The van der Waals surface area contributed by atoms with E-state index in [4.69, 9.17) is 4.74 Å². The molecule has 3 atom stereocenters. The molecule has 0 bridgehead atoms. The summed E-state index contributed by atoms with van der Waals surface area (Å²) in [5.74, 6) is 1.41. The van der Waals surface area contributed by atoms with E-state index in [1.807, 2.05) is 45.0 Å². The summed E-state index contributed by atoms with van der Waals surface area (Å²) in [4.78, 5) is 15.2. The highest BCUT2D eigenvalue weighted by Crippen LogP contribution is 2.25. The molecule has 156 valence electrons. The number of nitrogens with zero attached hydrogens (tertiary/aromatic N) is 1. The molecule has 1 saturated heterocycles.